The van der Waals surface area contributed by atoms with Crippen molar-refractivity contribution in [2.24, 2.45) is 0 Å². The van der Waals surface area contributed by atoms with Crippen molar-refractivity contribution >= 4 is 5.69 Å². The molecular formula is C16H21N3O2. The maximum Gasteiger partial charge on any atom is 0.182 e. The van der Waals surface area contributed by atoms with Gasteiger partial charge in [0.25, 0.3) is 0 Å². The Hall–Kier alpha value is -1.85. The number of nitrogens with one attached hydrogen (secondary N) is 1. The van der Waals surface area contributed by atoms with E-state index in [1.54, 1.807) is 6.33 Å². The quantitative estimate of drug-likeness (QED) is 0.798. The summed E-state index contributed by atoms with van der Waals surface area (Å²) < 4.78 is 5.08. The molecule has 0 spiro atoms. The Balaban J connectivity index is 1.76. The molecule has 2 heterocycles. The number of aliphatic hydroxyl groups excluding tert-OH is 1. The molecule has 1 aromatic carbocycles. The molecule has 2 atom stereocenters. The molecule has 1 aliphatic heterocycles. The van der Waals surface area contributed by atoms with Crippen molar-refractivity contribution in [2.45, 2.75) is 45.2 Å². The number of anilines is 1. The fraction of sp³-hybridized carbons (Fsp3) is 0.438. The number of nitrogens with zero attached hydrogens (tertiary/aromatic N) is 2. The molecule has 1 aliphatic rings. The van der Waals surface area contributed by atoms with Crippen LogP contribution in [-0.2, 0) is 17.7 Å². The lowest BCUT2D eigenvalue weighted by atomic mass is 10.1. The van der Waals surface area contributed by atoms with E-state index in [9.17, 15) is 5.11 Å². The summed E-state index contributed by atoms with van der Waals surface area (Å²) >= 11 is 0. The largest absolute Gasteiger partial charge is 0.366 e. The third kappa shape index (κ3) is 3.43. The number of imidazole rings is 1. The van der Waals surface area contributed by atoms with Crippen molar-refractivity contribution in [1.29, 1.82) is 0 Å². The predicted octanol–water partition coefficient (Wildman–Crippen LogP) is 2.08. The maximum atomic E-state index is 9.28. The summed E-state index contributed by atoms with van der Waals surface area (Å²) in [6.45, 7) is 5.15. The number of aromatic nitrogens is 2. The lowest BCUT2D eigenvalue weighted by molar-refractivity contribution is 0.156. The van der Waals surface area contributed by atoms with Gasteiger partial charge >= 0.3 is 0 Å². The molecule has 1 fully saturated rings. The number of benzene rings is 1. The van der Waals surface area contributed by atoms with E-state index in [2.05, 4.69) is 53.0 Å². The minimum Gasteiger partial charge on any atom is -0.366 e. The van der Waals surface area contributed by atoms with Crippen molar-refractivity contribution in [2.75, 3.05) is 4.90 Å². The van der Waals surface area contributed by atoms with Gasteiger partial charge in [0.15, 0.2) is 6.29 Å². The van der Waals surface area contributed by atoms with Crippen LogP contribution in [0.1, 0.15) is 25.1 Å². The van der Waals surface area contributed by atoms with Crippen molar-refractivity contribution in [3.8, 4) is 0 Å². The summed E-state index contributed by atoms with van der Waals surface area (Å²) in [7, 11) is 0. The van der Waals surface area contributed by atoms with Crippen LogP contribution < -0.4 is 4.90 Å². The summed E-state index contributed by atoms with van der Waals surface area (Å²) in [6.07, 6.45) is 3.69. The van der Waals surface area contributed by atoms with E-state index in [4.69, 9.17) is 4.74 Å². The predicted molar refractivity (Wildman–Crippen MR) is 80.9 cm³/mol. The molecule has 2 aromatic rings. The van der Waals surface area contributed by atoms with Crippen molar-refractivity contribution in [3.05, 3.63) is 48.0 Å². The summed E-state index contributed by atoms with van der Waals surface area (Å²) in [5.74, 6) is 0. The van der Waals surface area contributed by atoms with E-state index in [0.717, 1.165) is 18.7 Å². The van der Waals surface area contributed by atoms with Gasteiger partial charge in [-0.1, -0.05) is 12.1 Å². The minimum atomic E-state index is -0.583. The lowest BCUT2D eigenvalue weighted by Crippen LogP contribution is -2.30. The second-order valence-corrected chi connectivity index (χ2v) is 5.74. The van der Waals surface area contributed by atoms with Gasteiger partial charge in [0.1, 0.15) is 6.10 Å². The molecule has 2 unspecified atom stereocenters. The van der Waals surface area contributed by atoms with Crippen molar-refractivity contribution in [1.82, 2.24) is 9.97 Å². The average molecular weight is 287 g/mol. The van der Waals surface area contributed by atoms with E-state index in [-0.39, 0.29) is 6.10 Å². The molecule has 0 bridgehead atoms. The van der Waals surface area contributed by atoms with Crippen LogP contribution in [-0.4, -0.2) is 33.5 Å². The molecule has 1 aromatic heterocycles. The number of hydrogen-bond acceptors (Lipinski definition) is 4. The van der Waals surface area contributed by atoms with Crippen LogP contribution in [0.4, 0.5) is 5.69 Å². The third-order valence-corrected chi connectivity index (χ3v) is 3.75. The molecule has 0 saturated carbocycles. The maximum absolute atomic E-state index is 9.28. The Morgan fingerprint density at radius 1 is 1.43 bits per heavy atom. The number of epoxide rings is 1. The smallest absolute Gasteiger partial charge is 0.182 e. The van der Waals surface area contributed by atoms with Crippen LogP contribution in [0.2, 0.25) is 0 Å². The van der Waals surface area contributed by atoms with Crippen LogP contribution in [0.25, 0.3) is 0 Å². The molecule has 2 N–H and O–H groups in total. The molecule has 0 aliphatic carbocycles. The molecule has 0 amide bonds. The average Bonchev–Trinajstić information content (AvgIpc) is 2.93. The molecule has 5 nitrogen and oxygen atoms in total. The highest BCUT2D eigenvalue weighted by atomic mass is 16.7. The van der Waals surface area contributed by atoms with Gasteiger partial charge < -0.3 is 19.7 Å². The number of H-pyrrole nitrogens is 1. The van der Waals surface area contributed by atoms with Crippen LogP contribution in [0.5, 0.6) is 0 Å². The third-order valence-electron chi connectivity index (χ3n) is 3.75. The number of aromatic amines is 1. The first kappa shape index (κ1) is 14.1. The topological polar surface area (TPSA) is 64.7 Å². The summed E-state index contributed by atoms with van der Waals surface area (Å²) in [4.78, 5) is 9.54. The van der Waals surface area contributed by atoms with Crippen LogP contribution >= 0.6 is 0 Å². The minimum absolute atomic E-state index is 0.0413. The SMILES string of the molecule is CC(C)N(Cc1cnc[nH]1)c1cccc(CC2OC2O)c1. The molecule has 112 valence electrons. The lowest BCUT2D eigenvalue weighted by Gasteiger charge is -2.29. The molecule has 5 heteroatoms. The second kappa shape index (κ2) is 5.87. The highest BCUT2D eigenvalue weighted by molar-refractivity contribution is 5.49. The number of hydrogen-bond donors (Lipinski definition) is 2. The summed E-state index contributed by atoms with van der Waals surface area (Å²) in [6, 6.07) is 8.80. The molecule has 1 saturated heterocycles. The fourth-order valence-electron chi connectivity index (χ4n) is 2.50. The number of aliphatic hydroxyl groups is 1. The van der Waals surface area contributed by atoms with Gasteiger partial charge in [0.05, 0.1) is 18.6 Å². The Kier molecular flexibility index (Phi) is 3.94. The Bertz CT molecular complexity index is 583. The highest BCUT2D eigenvalue weighted by Crippen LogP contribution is 2.26. The van der Waals surface area contributed by atoms with E-state index in [0.29, 0.717) is 6.04 Å². The normalized spacial score (nSPS) is 20.8. The Morgan fingerprint density at radius 2 is 2.24 bits per heavy atom. The van der Waals surface area contributed by atoms with Gasteiger partial charge in [-0.05, 0) is 31.5 Å². The highest BCUT2D eigenvalue weighted by Gasteiger charge is 2.36. The zero-order valence-corrected chi connectivity index (χ0v) is 12.4. The fourth-order valence-corrected chi connectivity index (χ4v) is 2.50. The first-order valence-electron chi connectivity index (χ1n) is 7.30. The van der Waals surface area contributed by atoms with Crippen molar-refractivity contribution < 1.29 is 9.84 Å². The van der Waals surface area contributed by atoms with Crippen LogP contribution in [0.15, 0.2) is 36.8 Å². The Labute approximate surface area is 124 Å². The summed E-state index contributed by atoms with van der Waals surface area (Å²) in [5, 5.41) is 9.28. The first-order valence-corrected chi connectivity index (χ1v) is 7.30. The monoisotopic (exact) mass is 287 g/mol. The number of rotatable bonds is 6. The van der Waals surface area contributed by atoms with Crippen LogP contribution in [0.3, 0.4) is 0 Å². The molecule has 3 rings (SSSR count). The van der Waals surface area contributed by atoms with E-state index in [1.165, 1.54) is 11.3 Å². The number of ether oxygens (including phenoxy) is 1. The van der Waals surface area contributed by atoms with E-state index < -0.39 is 6.29 Å². The van der Waals surface area contributed by atoms with Gasteiger partial charge in [0.2, 0.25) is 0 Å². The van der Waals surface area contributed by atoms with Gasteiger partial charge in [-0.3, -0.25) is 0 Å². The van der Waals surface area contributed by atoms with Gasteiger partial charge in [-0.15, -0.1) is 0 Å². The van der Waals surface area contributed by atoms with Gasteiger partial charge in [-0.2, -0.15) is 0 Å². The standard InChI is InChI=1S/C16H21N3O2/c1-11(2)19(9-13-8-17-10-18-13)14-5-3-4-12(6-14)7-15-16(20)21-15/h3-6,8,10-11,15-16,20H,7,9H2,1-2H3,(H,17,18). The zero-order chi connectivity index (χ0) is 14.8. The molecular weight excluding hydrogens is 266 g/mol. The zero-order valence-electron chi connectivity index (χ0n) is 12.4. The van der Waals surface area contributed by atoms with Crippen molar-refractivity contribution in [3.63, 3.8) is 0 Å². The van der Waals surface area contributed by atoms with E-state index >= 15 is 0 Å². The molecule has 0 radical (unpaired) electrons. The van der Waals surface area contributed by atoms with Crippen LogP contribution in [0, 0.1) is 0 Å². The van der Waals surface area contributed by atoms with Gasteiger partial charge in [-0.25, -0.2) is 4.98 Å². The van der Waals surface area contributed by atoms with Gasteiger partial charge in [0, 0.05) is 24.3 Å². The summed E-state index contributed by atoms with van der Waals surface area (Å²) in [5.41, 5.74) is 3.45. The molecule has 21 heavy (non-hydrogen) atoms. The second-order valence-electron chi connectivity index (χ2n) is 5.74. The Morgan fingerprint density at radius 3 is 2.86 bits per heavy atom. The first-order chi connectivity index (χ1) is 10.1. The van der Waals surface area contributed by atoms with E-state index in [1.807, 2.05) is 6.20 Å².